The van der Waals surface area contributed by atoms with Crippen LogP contribution in [0.4, 0.5) is 5.69 Å². The Balaban J connectivity index is 2.53. The molecule has 7 heteroatoms. The largest absolute Gasteiger partial charge is 0.508 e. The first-order chi connectivity index (χ1) is 9.46. The number of benzene rings is 1. The number of aromatic nitrogens is 1. The van der Waals surface area contributed by atoms with Gasteiger partial charge in [0, 0.05) is 19.3 Å². The van der Waals surface area contributed by atoms with Gasteiger partial charge in [0.05, 0.1) is 5.69 Å². The summed E-state index contributed by atoms with van der Waals surface area (Å²) in [6.07, 6.45) is 1.35. The van der Waals surface area contributed by atoms with Crippen molar-refractivity contribution < 1.29 is 13.5 Å². The molecule has 0 saturated heterocycles. The van der Waals surface area contributed by atoms with E-state index in [4.69, 9.17) is 5.26 Å². The molecule has 0 fully saturated rings. The Bertz CT molecular complexity index is 781. The second-order valence-electron chi connectivity index (χ2n) is 3.95. The SMILES string of the molecule is CN(c1cccc(O)c1)S(=O)(=O)c1cccnc1C#N. The average Bonchev–Trinajstić information content (AvgIpc) is 2.46. The maximum atomic E-state index is 12.5. The van der Waals surface area contributed by atoms with Crippen molar-refractivity contribution in [2.75, 3.05) is 11.4 Å². The number of rotatable bonds is 3. The Labute approximate surface area is 116 Å². The molecule has 1 aromatic carbocycles. The molecule has 0 radical (unpaired) electrons. The van der Waals surface area contributed by atoms with Gasteiger partial charge >= 0.3 is 0 Å². The van der Waals surface area contributed by atoms with E-state index in [1.54, 1.807) is 12.1 Å². The minimum atomic E-state index is -3.91. The van der Waals surface area contributed by atoms with Crippen LogP contribution in [-0.2, 0) is 10.0 Å². The van der Waals surface area contributed by atoms with Gasteiger partial charge in [-0.05, 0) is 24.3 Å². The molecule has 1 aromatic heterocycles. The van der Waals surface area contributed by atoms with Gasteiger partial charge in [-0.3, -0.25) is 4.31 Å². The number of nitriles is 1. The molecule has 0 aliphatic carbocycles. The quantitative estimate of drug-likeness (QED) is 0.923. The summed E-state index contributed by atoms with van der Waals surface area (Å²) in [7, 11) is -2.57. The molecule has 20 heavy (non-hydrogen) atoms. The fourth-order valence-electron chi connectivity index (χ4n) is 1.66. The molecule has 0 amide bonds. The third-order valence-electron chi connectivity index (χ3n) is 2.71. The molecule has 0 unspecified atom stereocenters. The van der Waals surface area contributed by atoms with Gasteiger partial charge in [0.15, 0.2) is 5.69 Å². The molecule has 102 valence electrons. The van der Waals surface area contributed by atoms with E-state index in [9.17, 15) is 13.5 Å². The number of aromatic hydroxyl groups is 1. The lowest BCUT2D eigenvalue weighted by Gasteiger charge is -2.19. The molecule has 1 heterocycles. The molecule has 0 spiro atoms. The van der Waals surface area contributed by atoms with Gasteiger partial charge in [0.25, 0.3) is 10.0 Å². The first-order valence-corrected chi connectivity index (χ1v) is 7.04. The molecular formula is C13H11N3O3S. The number of hydrogen-bond acceptors (Lipinski definition) is 5. The van der Waals surface area contributed by atoms with Crippen molar-refractivity contribution in [2.24, 2.45) is 0 Å². The Morgan fingerprint density at radius 2 is 2.05 bits per heavy atom. The van der Waals surface area contributed by atoms with Crippen molar-refractivity contribution >= 4 is 15.7 Å². The monoisotopic (exact) mass is 289 g/mol. The van der Waals surface area contributed by atoms with Crippen LogP contribution in [0.1, 0.15) is 5.69 Å². The summed E-state index contributed by atoms with van der Waals surface area (Å²) in [6, 6.07) is 10.4. The molecule has 0 aliphatic rings. The van der Waals surface area contributed by atoms with E-state index in [-0.39, 0.29) is 22.0 Å². The van der Waals surface area contributed by atoms with E-state index in [1.165, 1.54) is 43.6 Å². The van der Waals surface area contributed by atoms with Crippen molar-refractivity contribution in [1.82, 2.24) is 4.98 Å². The van der Waals surface area contributed by atoms with Crippen LogP contribution in [0.15, 0.2) is 47.5 Å². The van der Waals surface area contributed by atoms with Crippen LogP contribution in [0, 0.1) is 11.3 Å². The zero-order valence-electron chi connectivity index (χ0n) is 10.6. The minimum Gasteiger partial charge on any atom is -0.508 e. The summed E-state index contributed by atoms with van der Waals surface area (Å²) in [6.45, 7) is 0. The number of phenols is 1. The number of sulfonamides is 1. The smallest absolute Gasteiger partial charge is 0.266 e. The minimum absolute atomic E-state index is 0.0451. The lowest BCUT2D eigenvalue weighted by Crippen LogP contribution is -2.27. The molecule has 0 aliphatic heterocycles. The van der Waals surface area contributed by atoms with Crippen LogP contribution in [-0.4, -0.2) is 25.6 Å². The van der Waals surface area contributed by atoms with E-state index in [2.05, 4.69) is 4.98 Å². The highest BCUT2D eigenvalue weighted by atomic mass is 32.2. The standard InChI is InChI=1S/C13H11N3O3S/c1-16(10-4-2-5-11(17)8-10)20(18,19)13-6-3-7-15-12(13)9-14/h2-8,17H,1H3. The first-order valence-electron chi connectivity index (χ1n) is 5.60. The van der Waals surface area contributed by atoms with E-state index in [0.717, 1.165) is 4.31 Å². The van der Waals surface area contributed by atoms with Crippen LogP contribution in [0.25, 0.3) is 0 Å². The zero-order chi connectivity index (χ0) is 14.8. The summed E-state index contributed by atoms with van der Waals surface area (Å²) < 4.78 is 25.9. The molecule has 0 saturated carbocycles. The Hall–Kier alpha value is -2.59. The number of hydrogen-bond donors (Lipinski definition) is 1. The zero-order valence-corrected chi connectivity index (χ0v) is 11.4. The second-order valence-corrected chi connectivity index (χ2v) is 5.89. The first kappa shape index (κ1) is 13.8. The highest BCUT2D eigenvalue weighted by Gasteiger charge is 2.25. The summed E-state index contributed by atoms with van der Waals surface area (Å²) >= 11 is 0. The number of anilines is 1. The van der Waals surface area contributed by atoms with Crippen LogP contribution >= 0.6 is 0 Å². The van der Waals surface area contributed by atoms with Gasteiger partial charge in [0.2, 0.25) is 0 Å². The van der Waals surface area contributed by atoms with Gasteiger partial charge in [0.1, 0.15) is 16.7 Å². The fraction of sp³-hybridized carbons (Fsp3) is 0.0769. The Morgan fingerprint density at radius 1 is 1.30 bits per heavy atom. The molecule has 0 atom stereocenters. The maximum absolute atomic E-state index is 12.5. The number of nitrogens with zero attached hydrogens (tertiary/aromatic N) is 3. The van der Waals surface area contributed by atoms with E-state index in [0.29, 0.717) is 0 Å². The third kappa shape index (κ3) is 2.41. The molecule has 1 N–H and O–H groups in total. The van der Waals surface area contributed by atoms with Crippen LogP contribution < -0.4 is 4.31 Å². The van der Waals surface area contributed by atoms with Crippen molar-refractivity contribution in [1.29, 1.82) is 5.26 Å². The molecular weight excluding hydrogens is 278 g/mol. The summed E-state index contributed by atoms with van der Waals surface area (Å²) in [5.41, 5.74) is 0.122. The highest BCUT2D eigenvalue weighted by molar-refractivity contribution is 7.92. The van der Waals surface area contributed by atoms with Gasteiger partial charge in [-0.2, -0.15) is 5.26 Å². The predicted octanol–water partition coefficient (Wildman–Crippen LogP) is 1.48. The van der Waals surface area contributed by atoms with E-state index in [1.807, 2.05) is 0 Å². The van der Waals surface area contributed by atoms with Crippen LogP contribution in [0.3, 0.4) is 0 Å². The lowest BCUT2D eigenvalue weighted by atomic mass is 10.3. The van der Waals surface area contributed by atoms with Crippen molar-refractivity contribution in [3.05, 3.63) is 48.3 Å². The van der Waals surface area contributed by atoms with Crippen molar-refractivity contribution in [3.63, 3.8) is 0 Å². The topological polar surface area (TPSA) is 94.3 Å². The summed E-state index contributed by atoms with van der Waals surface area (Å²) in [4.78, 5) is 3.57. The van der Waals surface area contributed by atoms with E-state index >= 15 is 0 Å². The van der Waals surface area contributed by atoms with Gasteiger partial charge in [-0.1, -0.05) is 6.07 Å². The lowest BCUT2D eigenvalue weighted by molar-refractivity contribution is 0.475. The van der Waals surface area contributed by atoms with Crippen LogP contribution in [0.2, 0.25) is 0 Å². The van der Waals surface area contributed by atoms with E-state index < -0.39 is 10.0 Å². The van der Waals surface area contributed by atoms with Crippen molar-refractivity contribution in [2.45, 2.75) is 4.90 Å². The molecule has 2 aromatic rings. The molecule has 6 nitrogen and oxygen atoms in total. The van der Waals surface area contributed by atoms with Gasteiger partial charge in [-0.25, -0.2) is 13.4 Å². The normalized spacial score (nSPS) is 10.8. The average molecular weight is 289 g/mol. The fourth-order valence-corrected chi connectivity index (χ4v) is 2.94. The van der Waals surface area contributed by atoms with Gasteiger partial charge < -0.3 is 5.11 Å². The Morgan fingerprint density at radius 3 is 2.70 bits per heavy atom. The third-order valence-corrected chi connectivity index (χ3v) is 4.53. The predicted molar refractivity (Wildman–Crippen MR) is 72.6 cm³/mol. The molecule has 0 bridgehead atoms. The summed E-state index contributed by atoms with van der Waals surface area (Å²) in [5, 5.41) is 18.4. The van der Waals surface area contributed by atoms with Crippen molar-refractivity contribution in [3.8, 4) is 11.8 Å². The van der Waals surface area contributed by atoms with Gasteiger partial charge in [-0.15, -0.1) is 0 Å². The number of phenolic OH excluding ortho intramolecular Hbond substituents is 1. The van der Waals surface area contributed by atoms with Crippen LogP contribution in [0.5, 0.6) is 5.75 Å². The number of pyridine rings is 1. The highest BCUT2D eigenvalue weighted by Crippen LogP contribution is 2.25. The molecule has 2 rings (SSSR count). The Kier molecular flexibility index (Phi) is 3.59. The summed E-state index contributed by atoms with van der Waals surface area (Å²) in [5.74, 6) is -0.0451. The maximum Gasteiger partial charge on any atom is 0.266 e. The second kappa shape index (κ2) is 5.19.